The van der Waals surface area contributed by atoms with E-state index in [1.807, 2.05) is 42.5 Å². The van der Waals surface area contributed by atoms with Crippen LogP contribution in [-0.2, 0) is 35.0 Å². The normalized spacial score (nSPS) is 15.3. The molecule has 0 saturated carbocycles. The van der Waals surface area contributed by atoms with Gasteiger partial charge in [0.25, 0.3) is 5.41 Å². The summed E-state index contributed by atoms with van der Waals surface area (Å²) in [7, 11) is 0. The molecule has 3 rings (SSSR count). The second kappa shape index (κ2) is 11.4. The van der Waals surface area contributed by atoms with E-state index >= 15 is 0 Å². The largest absolute Gasteiger partial charge is 0.465 e. The van der Waals surface area contributed by atoms with Gasteiger partial charge in [-0.1, -0.05) is 36.0 Å². The predicted molar refractivity (Wildman–Crippen MR) is 125 cm³/mol. The Morgan fingerprint density at radius 1 is 0.848 bits per heavy atom. The molecule has 0 saturated heterocycles. The number of carbonyl (C=O) groups is 3. The van der Waals surface area contributed by atoms with Gasteiger partial charge in [0.1, 0.15) is 0 Å². The van der Waals surface area contributed by atoms with Crippen LogP contribution in [0.15, 0.2) is 58.3 Å². The van der Waals surface area contributed by atoms with Crippen molar-refractivity contribution in [3.05, 3.63) is 59.7 Å². The van der Waals surface area contributed by atoms with E-state index in [1.54, 1.807) is 32.5 Å². The van der Waals surface area contributed by atoms with Crippen LogP contribution in [0.2, 0.25) is 0 Å². The van der Waals surface area contributed by atoms with E-state index in [0.29, 0.717) is 6.42 Å². The van der Waals surface area contributed by atoms with E-state index in [1.165, 1.54) is 0 Å². The fourth-order valence-corrected chi connectivity index (χ4v) is 5.24. The summed E-state index contributed by atoms with van der Waals surface area (Å²) in [5, 5.41) is 0. The van der Waals surface area contributed by atoms with E-state index in [0.717, 1.165) is 33.8 Å². The predicted octanol–water partition coefficient (Wildman–Crippen LogP) is 4.93. The lowest BCUT2D eigenvalue weighted by Gasteiger charge is -2.37. The first-order chi connectivity index (χ1) is 16.0. The number of hydrogen-bond donors (Lipinski definition) is 0. The maximum atomic E-state index is 13.3. The lowest BCUT2D eigenvalue weighted by atomic mass is 9.66. The molecule has 1 atom stereocenters. The average molecular weight is 471 g/mol. The van der Waals surface area contributed by atoms with Crippen molar-refractivity contribution in [2.24, 2.45) is 5.41 Å². The molecule has 33 heavy (non-hydrogen) atoms. The quantitative estimate of drug-likeness (QED) is 0.292. The van der Waals surface area contributed by atoms with E-state index in [9.17, 15) is 14.4 Å². The van der Waals surface area contributed by atoms with Crippen LogP contribution in [0, 0.1) is 5.41 Å². The Morgan fingerprint density at radius 2 is 1.42 bits per heavy atom. The van der Waals surface area contributed by atoms with E-state index in [2.05, 4.69) is 6.07 Å². The Balaban J connectivity index is 2.08. The van der Waals surface area contributed by atoms with Crippen molar-refractivity contribution in [2.45, 2.75) is 55.7 Å². The summed E-state index contributed by atoms with van der Waals surface area (Å²) in [6, 6.07) is 16.0. The highest BCUT2D eigenvalue weighted by Crippen LogP contribution is 2.48. The first-order valence-electron chi connectivity index (χ1n) is 11.4. The van der Waals surface area contributed by atoms with Crippen molar-refractivity contribution < 1.29 is 28.6 Å². The highest BCUT2D eigenvalue weighted by atomic mass is 32.2. The minimum Gasteiger partial charge on any atom is -0.465 e. The van der Waals surface area contributed by atoms with Gasteiger partial charge in [-0.3, -0.25) is 14.4 Å². The van der Waals surface area contributed by atoms with Gasteiger partial charge in [0.15, 0.2) is 0 Å². The molecule has 1 aliphatic carbocycles. The molecule has 0 radical (unpaired) electrons. The fraction of sp³-hybridized carbons (Fsp3) is 0.423. The van der Waals surface area contributed by atoms with E-state index in [4.69, 9.17) is 14.2 Å². The number of carbonyl (C=O) groups excluding carboxylic acids is 3. The van der Waals surface area contributed by atoms with Crippen molar-refractivity contribution in [3.63, 3.8) is 0 Å². The lowest BCUT2D eigenvalue weighted by molar-refractivity contribution is -0.186. The maximum absolute atomic E-state index is 13.3. The minimum atomic E-state index is -2.19. The summed E-state index contributed by atoms with van der Waals surface area (Å²) >= 11 is 1.64. The Morgan fingerprint density at radius 3 is 1.97 bits per heavy atom. The van der Waals surface area contributed by atoms with Gasteiger partial charge in [0, 0.05) is 15.7 Å². The molecular weight excluding hydrogens is 440 g/mol. The smallest absolute Gasteiger partial charge is 0.335 e. The third-order valence-electron chi connectivity index (χ3n) is 5.72. The first-order valence-corrected chi connectivity index (χ1v) is 12.2. The lowest BCUT2D eigenvalue weighted by Crippen LogP contribution is -2.54. The third kappa shape index (κ3) is 5.08. The van der Waals surface area contributed by atoms with Crippen LogP contribution in [0.3, 0.4) is 0 Å². The molecule has 0 bridgehead atoms. The summed E-state index contributed by atoms with van der Waals surface area (Å²) in [5.74, 6) is -3.47. The number of esters is 3. The number of hydrogen-bond acceptors (Lipinski definition) is 7. The van der Waals surface area contributed by atoms with Crippen LogP contribution >= 0.6 is 11.8 Å². The van der Waals surface area contributed by atoms with Crippen molar-refractivity contribution in [3.8, 4) is 0 Å². The third-order valence-corrected chi connectivity index (χ3v) is 6.72. The zero-order valence-electron chi connectivity index (χ0n) is 19.3. The van der Waals surface area contributed by atoms with E-state index < -0.39 is 29.2 Å². The SMILES string of the molecule is CCOC(=O)C(C(=O)OCC)(C(=O)OCC)C1CCCc2cc(Sc3ccccc3)ccc21. The Bertz CT molecular complexity index is 942. The van der Waals surface area contributed by atoms with Crippen molar-refractivity contribution in [2.75, 3.05) is 19.8 Å². The van der Waals surface area contributed by atoms with Crippen LogP contribution in [0.4, 0.5) is 0 Å². The highest BCUT2D eigenvalue weighted by molar-refractivity contribution is 7.99. The Hall–Kier alpha value is -2.80. The molecule has 0 amide bonds. The second-order valence-corrected chi connectivity index (χ2v) is 8.84. The fourth-order valence-electron chi connectivity index (χ4n) is 4.34. The monoisotopic (exact) mass is 470 g/mol. The van der Waals surface area contributed by atoms with Crippen LogP contribution in [-0.4, -0.2) is 37.7 Å². The molecular formula is C26H30O6S. The Labute approximate surface area is 199 Å². The summed E-state index contributed by atoms with van der Waals surface area (Å²) in [6.07, 6.45) is 1.98. The van der Waals surface area contributed by atoms with Gasteiger partial charge in [-0.05, 0) is 75.4 Å². The van der Waals surface area contributed by atoms with Gasteiger partial charge in [0.05, 0.1) is 19.8 Å². The summed E-state index contributed by atoms with van der Waals surface area (Å²) in [4.78, 5) is 42.0. The second-order valence-electron chi connectivity index (χ2n) is 7.69. The number of benzene rings is 2. The number of aryl methyl sites for hydroxylation is 1. The summed E-state index contributed by atoms with van der Waals surface area (Å²) in [5.41, 5.74) is -0.395. The zero-order valence-corrected chi connectivity index (χ0v) is 20.1. The van der Waals surface area contributed by atoms with Crippen molar-refractivity contribution in [1.82, 2.24) is 0 Å². The zero-order chi connectivity index (χ0) is 23.8. The van der Waals surface area contributed by atoms with Crippen LogP contribution in [0.1, 0.15) is 50.7 Å². The molecule has 0 spiro atoms. The molecule has 2 aromatic carbocycles. The van der Waals surface area contributed by atoms with E-state index in [-0.39, 0.29) is 19.8 Å². The molecule has 0 N–H and O–H groups in total. The van der Waals surface area contributed by atoms with Gasteiger partial charge in [0.2, 0.25) is 0 Å². The van der Waals surface area contributed by atoms with Crippen molar-refractivity contribution >= 4 is 29.7 Å². The van der Waals surface area contributed by atoms with Crippen LogP contribution in [0.25, 0.3) is 0 Å². The summed E-state index contributed by atoms with van der Waals surface area (Å²) in [6.45, 7) is 5.02. The maximum Gasteiger partial charge on any atom is 0.335 e. The molecule has 1 unspecified atom stereocenters. The highest BCUT2D eigenvalue weighted by Gasteiger charge is 2.63. The van der Waals surface area contributed by atoms with Crippen LogP contribution < -0.4 is 0 Å². The topological polar surface area (TPSA) is 78.9 Å². The van der Waals surface area contributed by atoms with Gasteiger partial charge in [-0.2, -0.15) is 0 Å². The average Bonchev–Trinajstić information content (AvgIpc) is 2.81. The molecule has 0 aromatic heterocycles. The van der Waals surface area contributed by atoms with Gasteiger partial charge < -0.3 is 14.2 Å². The van der Waals surface area contributed by atoms with Crippen molar-refractivity contribution in [1.29, 1.82) is 0 Å². The molecule has 7 heteroatoms. The van der Waals surface area contributed by atoms with Gasteiger partial charge in [-0.15, -0.1) is 0 Å². The van der Waals surface area contributed by atoms with Gasteiger partial charge >= 0.3 is 17.9 Å². The number of ether oxygens (including phenoxy) is 3. The van der Waals surface area contributed by atoms with Gasteiger partial charge in [-0.25, -0.2) is 0 Å². The molecule has 176 valence electrons. The molecule has 0 fully saturated rings. The minimum absolute atomic E-state index is 0.0334. The molecule has 0 heterocycles. The first kappa shape index (κ1) is 24.8. The molecule has 2 aromatic rings. The Kier molecular flexibility index (Phi) is 8.55. The molecule has 0 aliphatic heterocycles. The number of fused-ring (bicyclic) bond motifs is 1. The summed E-state index contributed by atoms with van der Waals surface area (Å²) < 4.78 is 15.8. The molecule has 6 nitrogen and oxygen atoms in total. The molecule has 1 aliphatic rings. The van der Waals surface area contributed by atoms with Crippen LogP contribution in [0.5, 0.6) is 0 Å². The standard InChI is InChI=1S/C26H30O6S/c1-4-30-23(27)26(24(28)31-5-2,25(29)32-6-3)22-14-10-11-18-17-20(15-16-21(18)22)33-19-12-8-7-9-13-19/h7-9,12-13,15-17,22H,4-6,10-11,14H2,1-3H3. The number of rotatable bonds is 9.